The van der Waals surface area contributed by atoms with E-state index in [1.165, 1.54) is 14.0 Å². The zero-order valence-corrected chi connectivity index (χ0v) is 9.30. The van der Waals surface area contributed by atoms with E-state index in [1.54, 1.807) is 7.05 Å². The van der Waals surface area contributed by atoms with Gasteiger partial charge in [-0.2, -0.15) is 0 Å². The lowest BCUT2D eigenvalue weighted by Crippen LogP contribution is -2.42. The molecule has 1 amide bonds. The minimum absolute atomic E-state index is 0.104. The number of ether oxygens (including phenoxy) is 1. The van der Waals surface area contributed by atoms with Gasteiger partial charge in [0.15, 0.2) is 5.41 Å². The van der Waals surface area contributed by atoms with Crippen molar-refractivity contribution in [1.29, 1.82) is 5.41 Å². The summed E-state index contributed by atoms with van der Waals surface area (Å²) in [5, 5.41) is 12.5. The van der Waals surface area contributed by atoms with E-state index in [0.29, 0.717) is 0 Å². The SMILES string of the molecule is CNC1=C(C(=N)N)C(C)(C(=O)OC)C(=O)N1. The van der Waals surface area contributed by atoms with Crippen molar-refractivity contribution in [1.82, 2.24) is 10.6 Å². The van der Waals surface area contributed by atoms with Crippen LogP contribution in [-0.2, 0) is 14.3 Å². The smallest absolute Gasteiger partial charge is 0.325 e. The lowest BCUT2D eigenvalue weighted by molar-refractivity contribution is -0.153. The third kappa shape index (κ3) is 1.40. The molecule has 1 heterocycles. The fourth-order valence-corrected chi connectivity index (χ4v) is 1.65. The Bertz CT molecular complexity index is 402. The first-order valence-electron chi connectivity index (χ1n) is 4.56. The molecule has 0 aromatic carbocycles. The summed E-state index contributed by atoms with van der Waals surface area (Å²) in [5.74, 6) is -1.41. The number of nitrogens with two attached hydrogens (primary N) is 1. The molecule has 0 saturated carbocycles. The molecule has 0 radical (unpaired) electrons. The summed E-state index contributed by atoms with van der Waals surface area (Å²) in [6.07, 6.45) is 0. The maximum Gasteiger partial charge on any atom is 0.325 e. The average molecular weight is 226 g/mol. The third-order valence-electron chi connectivity index (χ3n) is 2.56. The summed E-state index contributed by atoms with van der Waals surface area (Å²) in [6.45, 7) is 1.37. The van der Waals surface area contributed by atoms with E-state index in [-0.39, 0.29) is 17.2 Å². The number of hydrogen-bond acceptors (Lipinski definition) is 5. The van der Waals surface area contributed by atoms with Crippen molar-refractivity contribution in [2.75, 3.05) is 14.2 Å². The Balaban J connectivity index is 3.36. The molecule has 0 spiro atoms. The van der Waals surface area contributed by atoms with Gasteiger partial charge in [-0.1, -0.05) is 0 Å². The maximum absolute atomic E-state index is 11.7. The number of amidine groups is 1. The minimum Gasteiger partial charge on any atom is -0.468 e. The van der Waals surface area contributed by atoms with E-state index in [2.05, 4.69) is 15.4 Å². The van der Waals surface area contributed by atoms with Gasteiger partial charge < -0.3 is 21.1 Å². The quantitative estimate of drug-likeness (QED) is 0.206. The Morgan fingerprint density at radius 3 is 2.56 bits per heavy atom. The first-order valence-corrected chi connectivity index (χ1v) is 4.56. The van der Waals surface area contributed by atoms with Crippen molar-refractivity contribution in [2.45, 2.75) is 6.92 Å². The molecule has 7 heteroatoms. The first kappa shape index (κ1) is 12.0. The lowest BCUT2D eigenvalue weighted by atomic mass is 9.82. The van der Waals surface area contributed by atoms with Crippen LogP contribution in [-0.4, -0.2) is 31.9 Å². The normalized spacial score (nSPS) is 24.1. The topological polar surface area (TPSA) is 117 Å². The van der Waals surface area contributed by atoms with Gasteiger partial charge in [0.2, 0.25) is 5.91 Å². The molecule has 1 aliphatic heterocycles. The molecule has 0 aromatic rings. The summed E-state index contributed by atoms with van der Waals surface area (Å²) in [5.41, 5.74) is 3.91. The molecule has 0 aromatic heterocycles. The molecule has 0 aliphatic carbocycles. The van der Waals surface area contributed by atoms with E-state index in [1.807, 2.05) is 0 Å². The van der Waals surface area contributed by atoms with Crippen molar-refractivity contribution in [3.05, 3.63) is 11.4 Å². The van der Waals surface area contributed by atoms with E-state index in [0.717, 1.165) is 0 Å². The lowest BCUT2D eigenvalue weighted by Gasteiger charge is -2.20. The highest BCUT2D eigenvalue weighted by Gasteiger charge is 2.53. The highest BCUT2D eigenvalue weighted by molar-refractivity contribution is 6.17. The van der Waals surface area contributed by atoms with E-state index >= 15 is 0 Å². The van der Waals surface area contributed by atoms with E-state index < -0.39 is 17.3 Å². The molecule has 0 saturated heterocycles. The van der Waals surface area contributed by atoms with Crippen molar-refractivity contribution < 1.29 is 14.3 Å². The fourth-order valence-electron chi connectivity index (χ4n) is 1.65. The summed E-state index contributed by atoms with van der Waals surface area (Å²) >= 11 is 0. The van der Waals surface area contributed by atoms with Crippen LogP contribution in [0.15, 0.2) is 11.4 Å². The highest BCUT2D eigenvalue weighted by Crippen LogP contribution is 2.34. The summed E-state index contributed by atoms with van der Waals surface area (Å²) < 4.78 is 4.57. The number of rotatable bonds is 3. The van der Waals surface area contributed by atoms with Crippen LogP contribution in [0.25, 0.3) is 0 Å². The number of hydrogen-bond donors (Lipinski definition) is 4. The Kier molecular flexibility index (Phi) is 2.88. The summed E-state index contributed by atoms with van der Waals surface area (Å²) in [4.78, 5) is 23.4. The number of methoxy groups -OCH3 is 1. The van der Waals surface area contributed by atoms with Gasteiger partial charge in [0.25, 0.3) is 0 Å². The largest absolute Gasteiger partial charge is 0.468 e. The minimum atomic E-state index is -1.57. The van der Waals surface area contributed by atoms with Gasteiger partial charge >= 0.3 is 5.97 Å². The third-order valence-corrected chi connectivity index (χ3v) is 2.56. The van der Waals surface area contributed by atoms with Gasteiger partial charge in [-0.25, -0.2) is 0 Å². The van der Waals surface area contributed by atoms with Gasteiger partial charge in [-0.05, 0) is 6.92 Å². The van der Waals surface area contributed by atoms with Crippen LogP contribution in [0.2, 0.25) is 0 Å². The van der Waals surface area contributed by atoms with Crippen LogP contribution in [0.3, 0.4) is 0 Å². The average Bonchev–Trinajstić information content (AvgIpc) is 2.51. The monoisotopic (exact) mass is 226 g/mol. The van der Waals surface area contributed by atoms with E-state index in [9.17, 15) is 9.59 Å². The van der Waals surface area contributed by atoms with Crippen LogP contribution in [0, 0.1) is 10.8 Å². The predicted molar refractivity (Wildman–Crippen MR) is 56.3 cm³/mol. The second kappa shape index (κ2) is 3.84. The standard InChI is InChI=1S/C9H14N4O3/c1-9(8(15)16-3)4(5(10)11)6(12-2)13-7(9)14/h12H,1-3H3,(H3,10,11)(H,13,14). The zero-order valence-electron chi connectivity index (χ0n) is 9.30. The Morgan fingerprint density at radius 1 is 1.62 bits per heavy atom. The summed E-state index contributed by atoms with van der Waals surface area (Å²) in [7, 11) is 2.73. The molecule has 1 rings (SSSR count). The van der Waals surface area contributed by atoms with Gasteiger partial charge in [-0.15, -0.1) is 0 Å². The second-order valence-corrected chi connectivity index (χ2v) is 3.48. The van der Waals surface area contributed by atoms with E-state index in [4.69, 9.17) is 11.1 Å². The Morgan fingerprint density at radius 2 is 2.19 bits per heavy atom. The molecule has 0 bridgehead atoms. The molecule has 16 heavy (non-hydrogen) atoms. The highest BCUT2D eigenvalue weighted by atomic mass is 16.5. The molecular weight excluding hydrogens is 212 g/mol. The van der Waals surface area contributed by atoms with Gasteiger partial charge in [0.05, 0.1) is 12.7 Å². The van der Waals surface area contributed by atoms with Crippen molar-refractivity contribution in [3.8, 4) is 0 Å². The van der Waals surface area contributed by atoms with Crippen LogP contribution < -0.4 is 16.4 Å². The molecule has 88 valence electrons. The van der Waals surface area contributed by atoms with Crippen molar-refractivity contribution >= 4 is 17.7 Å². The van der Waals surface area contributed by atoms with Gasteiger partial charge in [0, 0.05) is 7.05 Å². The second-order valence-electron chi connectivity index (χ2n) is 3.48. The number of carbonyl (C=O) groups excluding carboxylic acids is 2. The van der Waals surface area contributed by atoms with Crippen molar-refractivity contribution in [3.63, 3.8) is 0 Å². The number of carbonyl (C=O) groups is 2. The van der Waals surface area contributed by atoms with Crippen molar-refractivity contribution in [2.24, 2.45) is 11.1 Å². The molecule has 1 atom stereocenters. The molecule has 7 nitrogen and oxygen atoms in total. The number of esters is 1. The molecule has 1 unspecified atom stereocenters. The molecule has 0 fully saturated rings. The van der Waals surface area contributed by atoms with Crippen LogP contribution in [0.1, 0.15) is 6.92 Å². The number of nitrogens with one attached hydrogen (secondary N) is 3. The maximum atomic E-state index is 11.7. The van der Waals surface area contributed by atoms with Gasteiger partial charge in [0.1, 0.15) is 11.7 Å². The van der Waals surface area contributed by atoms with Crippen LogP contribution in [0.4, 0.5) is 0 Å². The predicted octanol–water partition coefficient (Wildman–Crippen LogP) is -1.34. The number of amides is 1. The fraction of sp³-hybridized carbons (Fsp3) is 0.444. The first-order chi connectivity index (χ1) is 7.39. The molecule has 1 aliphatic rings. The Hall–Kier alpha value is -2.05. The van der Waals surface area contributed by atoms with Crippen LogP contribution >= 0.6 is 0 Å². The summed E-state index contributed by atoms with van der Waals surface area (Å²) in [6, 6.07) is 0. The van der Waals surface area contributed by atoms with Gasteiger partial charge in [-0.3, -0.25) is 15.0 Å². The van der Waals surface area contributed by atoms with Crippen LogP contribution in [0.5, 0.6) is 0 Å². The Labute approximate surface area is 92.5 Å². The molecule has 5 N–H and O–H groups in total. The molecular formula is C9H14N4O3. The zero-order chi connectivity index (χ0) is 12.5.